The molecule has 3 aromatic rings. The van der Waals surface area contributed by atoms with Crippen LogP contribution in [0, 0.1) is 0 Å². The fourth-order valence-corrected chi connectivity index (χ4v) is 3.73. The quantitative estimate of drug-likeness (QED) is 0.387. The van der Waals surface area contributed by atoms with Crippen LogP contribution in [0.15, 0.2) is 44.3 Å². The maximum atomic E-state index is 12.7. The molecule has 0 aromatic carbocycles. The van der Waals surface area contributed by atoms with Gasteiger partial charge in [-0.05, 0) is 17.9 Å². The first-order valence-electron chi connectivity index (χ1n) is 9.18. The molecule has 158 valence electrons. The van der Waals surface area contributed by atoms with Crippen LogP contribution in [0.3, 0.4) is 0 Å². The molecular weight excluding hydrogens is 408 g/mol. The molecule has 3 aromatic heterocycles. The van der Waals surface area contributed by atoms with E-state index in [0.717, 1.165) is 4.88 Å². The fourth-order valence-electron chi connectivity index (χ4n) is 2.87. The second-order valence-electron chi connectivity index (χ2n) is 6.72. The van der Waals surface area contributed by atoms with Gasteiger partial charge in [0.15, 0.2) is 0 Å². The Hall–Kier alpha value is -3.60. The molecular formula is C19H22N6O4S. The molecule has 0 unspecified atom stereocenters. The monoisotopic (exact) mass is 430 g/mol. The van der Waals surface area contributed by atoms with Gasteiger partial charge in [0.2, 0.25) is 5.43 Å². The number of rotatable bonds is 7. The molecule has 0 aliphatic heterocycles. The maximum Gasteiger partial charge on any atom is 0.288 e. The zero-order valence-electron chi connectivity index (χ0n) is 16.7. The van der Waals surface area contributed by atoms with Crippen molar-refractivity contribution in [2.45, 2.75) is 19.4 Å². The van der Waals surface area contributed by atoms with Gasteiger partial charge in [0, 0.05) is 31.4 Å². The summed E-state index contributed by atoms with van der Waals surface area (Å²) in [7, 11) is 3.06. The van der Waals surface area contributed by atoms with E-state index in [1.165, 1.54) is 42.7 Å². The molecule has 0 aliphatic carbocycles. The Morgan fingerprint density at radius 2 is 1.83 bits per heavy atom. The van der Waals surface area contributed by atoms with Gasteiger partial charge in [-0.1, -0.05) is 13.0 Å². The van der Waals surface area contributed by atoms with E-state index in [1.54, 1.807) is 0 Å². The minimum absolute atomic E-state index is 0.00254. The number of pyridine rings is 1. The Balaban J connectivity index is 2.04. The molecule has 0 radical (unpaired) electrons. The first-order chi connectivity index (χ1) is 14.3. The van der Waals surface area contributed by atoms with Gasteiger partial charge in [-0.2, -0.15) is 0 Å². The van der Waals surface area contributed by atoms with Gasteiger partial charge < -0.3 is 20.5 Å². The highest BCUT2D eigenvalue weighted by Gasteiger charge is 2.20. The number of aromatic nitrogens is 3. The fraction of sp³-hybridized carbons (Fsp3) is 0.263. The zero-order valence-corrected chi connectivity index (χ0v) is 17.5. The summed E-state index contributed by atoms with van der Waals surface area (Å²) in [6.45, 7) is 1.95. The van der Waals surface area contributed by atoms with Crippen molar-refractivity contribution in [1.82, 2.24) is 20.1 Å². The predicted octanol–water partition coefficient (Wildman–Crippen LogP) is 1.82. The summed E-state index contributed by atoms with van der Waals surface area (Å²) < 4.78 is 0. The van der Waals surface area contributed by atoms with Crippen molar-refractivity contribution in [2.75, 3.05) is 24.7 Å². The van der Waals surface area contributed by atoms with Gasteiger partial charge in [-0.25, -0.2) is 0 Å². The van der Waals surface area contributed by atoms with Crippen molar-refractivity contribution in [3.63, 3.8) is 0 Å². The summed E-state index contributed by atoms with van der Waals surface area (Å²) in [5.74, 6) is -0.484. The summed E-state index contributed by atoms with van der Waals surface area (Å²) in [4.78, 5) is 54.9. The van der Waals surface area contributed by atoms with Crippen molar-refractivity contribution in [1.29, 1.82) is 0 Å². The van der Waals surface area contributed by atoms with Crippen molar-refractivity contribution in [3.8, 4) is 0 Å². The van der Waals surface area contributed by atoms with Crippen LogP contribution < -0.4 is 27.2 Å². The minimum atomic E-state index is -0.623. The van der Waals surface area contributed by atoms with Crippen LogP contribution in [0.25, 0.3) is 0 Å². The van der Waals surface area contributed by atoms with Crippen molar-refractivity contribution in [2.24, 2.45) is 0 Å². The second kappa shape index (κ2) is 8.82. The van der Waals surface area contributed by atoms with Crippen LogP contribution in [-0.4, -0.2) is 40.1 Å². The molecule has 0 bridgehead atoms. The minimum Gasteiger partial charge on any atom is -0.371 e. The lowest BCUT2D eigenvalue weighted by atomic mass is 10.1. The van der Waals surface area contributed by atoms with Gasteiger partial charge in [-0.15, -0.1) is 11.3 Å². The Kier molecular flexibility index (Phi) is 6.21. The van der Waals surface area contributed by atoms with E-state index in [2.05, 4.69) is 25.8 Å². The topological polar surface area (TPSA) is 143 Å². The van der Waals surface area contributed by atoms with Crippen molar-refractivity contribution >= 4 is 34.3 Å². The molecule has 1 atom stereocenters. The van der Waals surface area contributed by atoms with Crippen LogP contribution in [0.1, 0.15) is 34.6 Å². The molecule has 3 heterocycles. The number of carbonyl (C=O) groups excluding carboxylic acids is 1. The Morgan fingerprint density at radius 1 is 1.13 bits per heavy atom. The molecule has 3 rings (SSSR count). The third-order valence-corrected chi connectivity index (χ3v) is 5.43. The third-order valence-electron chi connectivity index (χ3n) is 4.45. The highest BCUT2D eigenvalue weighted by Crippen LogP contribution is 2.27. The van der Waals surface area contributed by atoms with Gasteiger partial charge >= 0.3 is 0 Å². The maximum absolute atomic E-state index is 12.7. The lowest BCUT2D eigenvalue weighted by molar-refractivity contribution is 0.0826. The molecule has 5 N–H and O–H groups in total. The zero-order chi connectivity index (χ0) is 21.8. The number of carbonyl (C=O) groups is 1. The van der Waals surface area contributed by atoms with E-state index in [-0.39, 0.29) is 28.7 Å². The molecule has 0 spiro atoms. The molecule has 0 saturated carbocycles. The number of H-pyrrole nitrogens is 3. The van der Waals surface area contributed by atoms with E-state index in [0.29, 0.717) is 6.42 Å². The molecule has 0 saturated heterocycles. The average Bonchev–Trinajstić information content (AvgIpc) is 3.25. The van der Waals surface area contributed by atoms with E-state index < -0.39 is 22.5 Å². The molecule has 30 heavy (non-hydrogen) atoms. The summed E-state index contributed by atoms with van der Waals surface area (Å²) >= 11 is 1.53. The van der Waals surface area contributed by atoms with E-state index >= 15 is 0 Å². The van der Waals surface area contributed by atoms with Crippen molar-refractivity contribution in [3.05, 3.63) is 71.3 Å². The van der Waals surface area contributed by atoms with Gasteiger partial charge in [0.1, 0.15) is 22.6 Å². The number of anilines is 3. The number of thiophene rings is 1. The highest BCUT2D eigenvalue weighted by atomic mass is 32.1. The first-order valence-corrected chi connectivity index (χ1v) is 10.1. The normalized spacial score (nSPS) is 11.7. The SMILES string of the molecule is CC[C@@H](Nc1c(Nc2c[nH]cc(C(=O)N(C)C)c2=O)c(=O)[nH][nH]c1=O)c1cccs1. The van der Waals surface area contributed by atoms with E-state index in [4.69, 9.17) is 0 Å². The molecule has 11 heteroatoms. The van der Waals surface area contributed by atoms with Crippen LogP contribution in [0.5, 0.6) is 0 Å². The number of hydrogen-bond donors (Lipinski definition) is 5. The Morgan fingerprint density at radius 3 is 2.43 bits per heavy atom. The lowest BCUT2D eigenvalue weighted by Crippen LogP contribution is -2.30. The average molecular weight is 430 g/mol. The number of hydrogen-bond acceptors (Lipinski definition) is 7. The highest BCUT2D eigenvalue weighted by molar-refractivity contribution is 7.10. The number of nitrogens with one attached hydrogen (secondary N) is 5. The standard InChI is InChI=1S/C19H22N6O4S/c1-4-11(13-6-5-7-30-13)21-14-15(18(28)24-23-17(14)27)22-12-9-20-8-10(16(12)26)19(29)25(2)3/h5-9,11H,4H2,1-3H3,(H,20,26)(H2,21,24,28)(H2,22,23,27)/t11-/m1/s1. The predicted molar refractivity (Wildman–Crippen MR) is 117 cm³/mol. The van der Waals surface area contributed by atoms with Gasteiger partial charge in [0.25, 0.3) is 17.0 Å². The third kappa shape index (κ3) is 4.20. The molecule has 1 amide bonds. The smallest absolute Gasteiger partial charge is 0.288 e. The lowest BCUT2D eigenvalue weighted by Gasteiger charge is -2.18. The summed E-state index contributed by atoms with van der Waals surface area (Å²) in [5.41, 5.74) is -2.01. The summed E-state index contributed by atoms with van der Waals surface area (Å²) in [6, 6.07) is 3.63. The number of nitrogens with zero attached hydrogens (tertiary/aromatic N) is 1. The molecule has 0 fully saturated rings. The Labute approximate surface area is 175 Å². The summed E-state index contributed by atoms with van der Waals surface area (Å²) in [5, 5.41) is 12.3. The van der Waals surface area contributed by atoms with Crippen LogP contribution >= 0.6 is 11.3 Å². The van der Waals surface area contributed by atoms with E-state index in [1.807, 2.05) is 24.4 Å². The first kappa shape index (κ1) is 21.1. The van der Waals surface area contributed by atoms with Crippen LogP contribution in [-0.2, 0) is 0 Å². The van der Waals surface area contributed by atoms with E-state index in [9.17, 15) is 19.2 Å². The number of aromatic amines is 3. The second-order valence-corrected chi connectivity index (χ2v) is 7.69. The molecule has 0 aliphatic rings. The van der Waals surface area contributed by atoms with Crippen molar-refractivity contribution < 1.29 is 4.79 Å². The van der Waals surface area contributed by atoms with Crippen LogP contribution in [0.2, 0.25) is 0 Å². The number of amides is 1. The van der Waals surface area contributed by atoms with Crippen LogP contribution in [0.4, 0.5) is 17.1 Å². The Bertz CT molecular complexity index is 1210. The summed E-state index contributed by atoms with van der Waals surface area (Å²) in [6.07, 6.45) is 3.29. The molecule has 10 nitrogen and oxygen atoms in total. The largest absolute Gasteiger partial charge is 0.371 e. The van der Waals surface area contributed by atoms with Gasteiger partial charge in [-0.3, -0.25) is 29.4 Å². The van der Waals surface area contributed by atoms with Gasteiger partial charge in [0.05, 0.1) is 6.04 Å².